The topological polar surface area (TPSA) is 21.3 Å². The first-order valence-corrected chi connectivity index (χ1v) is 6.75. The van der Waals surface area contributed by atoms with Crippen molar-refractivity contribution in [3.8, 4) is 5.75 Å². The van der Waals surface area contributed by atoms with Gasteiger partial charge < -0.3 is 10.1 Å². The summed E-state index contributed by atoms with van der Waals surface area (Å²) in [7, 11) is 0. The van der Waals surface area contributed by atoms with Gasteiger partial charge in [-0.1, -0.05) is 36.4 Å². The molecular weight excluding hydrogens is 234 g/mol. The summed E-state index contributed by atoms with van der Waals surface area (Å²) in [6, 6.07) is 16.9. The van der Waals surface area contributed by atoms with Gasteiger partial charge in [0.2, 0.25) is 0 Å². The van der Waals surface area contributed by atoms with Crippen molar-refractivity contribution >= 4 is 5.69 Å². The lowest BCUT2D eigenvalue weighted by Crippen LogP contribution is -2.08. The van der Waals surface area contributed by atoms with E-state index in [1.54, 1.807) is 0 Å². The third-order valence-corrected chi connectivity index (χ3v) is 3.11. The zero-order valence-electron chi connectivity index (χ0n) is 11.8. The SMILES string of the molecule is CCOc1cc(C)ccc1NC(C)c1ccccc1. The number of anilines is 1. The Bertz CT molecular complexity index is 522. The minimum absolute atomic E-state index is 0.253. The van der Waals surface area contributed by atoms with Gasteiger partial charge in [0, 0.05) is 6.04 Å². The van der Waals surface area contributed by atoms with Crippen molar-refractivity contribution in [1.29, 1.82) is 0 Å². The molecule has 1 unspecified atom stereocenters. The van der Waals surface area contributed by atoms with Gasteiger partial charge in [-0.15, -0.1) is 0 Å². The molecule has 0 aliphatic rings. The molecular formula is C17H21NO. The summed E-state index contributed by atoms with van der Waals surface area (Å²) in [6.45, 7) is 6.92. The molecule has 0 saturated carbocycles. The van der Waals surface area contributed by atoms with Gasteiger partial charge in [-0.2, -0.15) is 0 Å². The van der Waals surface area contributed by atoms with Crippen LogP contribution in [0.5, 0.6) is 5.75 Å². The van der Waals surface area contributed by atoms with Gasteiger partial charge in [-0.05, 0) is 44.0 Å². The Morgan fingerprint density at radius 1 is 1.11 bits per heavy atom. The van der Waals surface area contributed by atoms with E-state index in [0.717, 1.165) is 11.4 Å². The summed E-state index contributed by atoms with van der Waals surface area (Å²) in [4.78, 5) is 0. The molecule has 0 spiro atoms. The predicted octanol–water partition coefficient (Wildman–Crippen LogP) is 4.57. The molecule has 2 heteroatoms. The van der Waals surface area contributed by atoms with Crippen LogP contribution in [0.1, 0.15) is 31.0 Å². The number of hydrogen-bond donors (Lipinski definition) is 1. The molecule has 1 atom stereocenters. The first-order chi connectivity index (χ1) is 9.20. The van der Waals surface area contributed by atoms with E-state index in [1.165, 1.54) is 11.1 Å². The van der Waals surface area contributed by atoms with Crippen LogP contribution in [0, 0.1) is 6.92 Å². The van der Waals surface area contributed by atoms with Gasteiger partial charge in [-0.25, -0.2) is 0 Å². The van der Waals surface area contributed by atoms with E-state index in [9.17, 15) is 0 Å². The molecule has 0 aromatic heterocycles. The van der Waals surface area contributed by atoms with E-state index in [4.69, 9.17) is 4.74 Å². The highest BCUT2D eigenvalue weighted by atomic mass is 16.5. The van der Waals surface area contributed by atoms with Crippen molar-refractivity contribution in [1.82, 2.24) is 0 Å². The maximum absolute atomic E-state index is 5.69. The molecule has 0 radical (unpaired) electrons. The molecule has 0 aliphatic heterocycles. The maximum atomic E-state index is 5.69. The molecule has 1 N–H and O–H groups in total. The number of nitrogens with one attached hydrogen (secondary N) is 1. The fraction of sp³-hybridized carbons (Fsp3) is 0.294. The number of hydrogen-bond acceptors (Lipinski definition) is 2. The first-order valence-electron chi connectivity index (χ1n) is 6.75. The van der Waals surface area contributed by atoms with Gasteiger partial charge in [0.15, 0.2) is 0 Å². The summed E-state index contributed by atoms with van der Waals surface area (Å²) >= 11 is 0. The molecule has 0 fully saturated rings. The minimum Gasteiger partial charge on any atom is -0.492 e. The highest BCUT2D eigenvalue weighted by Crippen LogP contribution is 2.29. The number of benzene rings is 2. The predicted molar refractivity (Wildman–Crippen MR) is 80.8 cm³/mol. The molecule has 2 aromatic rings. The molecule has 2 aromatic carbocycles. The molecule has 19 heavy (non-hydrogen) atoms. The molecule has 0 amide bonds. The van der Waals surface area contributed by atoms with Crippen LogP contribution in [0.15, 0.2) is 48.5 Å². The Kier molecular flexibility index (Phi) is 4.45. The highest BCUT2D eigenvalue weighted by molar-refractivity contribution is 5.58. The van der Waals surface area contributed by atoms with Crippen LogP contribution in [0.3, 0.4) is 0 Å². The van der Waals surface area contributed by atoms with Gasteiger partial charge in [0.05, 0.1) is 12.3 Å². The van der Waals surface area contributed by atoms with E-state index < -0.39 is 0 Å². The molecule has 0 heterocycles. The third-order valence-electron chi connectivity index (χ3n) is 3.11. The first kappa shape index (κ1) is 13.5. The van der Waals surface area contributed by atoms with Crippen LogP contribution in [-0.2, 0) is 0 Å². The lowest BCUT2D eigenvalue weighted by Gasteiger charge is -2.19. The van der Waals surface area contributed by atoms with Gasteiger partial charge in [-0.3, -0.25) is 0 Å². The van der Waals surface area contributed by atoms with Crippen LogP contribution in [0.2, 0.25) is 0 Å². The number of aryl methyl sites for hydroxylation is 1. The monoisotopic (exact) mass is 255 g/mol. The van der Waals surface area contributed by atoms with E-state index >= 15 is 0 Å². The molecule has 2 rings (SSSR count). The van der Waals surface area contributed by atoms with Crippen LogP contribution in [-0.4, -0.2) is 6.61 Å². The molecule has 0 saturated heterocycles. The zero-order chi connectivity index (χ0) is 13.7. The second-order valence-corrected chi connectivity index (χ2v) is 4.71. The van der Waals surface area contributed by atoms with E-state index in [0.29, 0.717) is 6.61 Å². The lowest BCUT2D eigenvalue weighted by molar-refractivity contribution is 0.341. The summed E-state index contributed by atoms with van der Waals surface area (Å²) in [5.74, 6) is 0.922. The standard InChI is InChI=1S/C17H21NO/c1-4-19-17-12-13(2)10-11-16(17)18-14(3)15-8-6-5-7-9-15/h5-12,14,18H,4H2,1-3H3. The maximum Gasteiger partial charge on any atom is 0.142 e. The average Bonchev–Trinajstić information content (AvgIpc) is 2.43. The van der Waals surface area contributed by atoms with Crippen molar-refractivity contribution < 1.29 is 4.74 Å². The fourth-order valence-electron chi connectivity index (χ4n) is 2.08. The Hall–Kier alpha value is -1.96. The zero-order valence-corrected chi connectivity index (χ0v) is 11.8. The van der Waals surface area contributed by atoms with Gasteiger partial charge >= 0.3 is 0 Å². The number of ether oxygens (including phenoxy) is 1. The Morgan fingerprint density at radius 2 is 1.84 bits per heavy atom. The molecule has 2 nitrogen and oxygen atoms in total. The van der Waals surface area contributed by atoms with Gasteiger partial charge in [0.25, 0.3) is 0 Å². The van der Waals surface area contributed by atoms with Crippen LogP contribution in [0.4, 0.5) is 5.69 Å². The van der Waals surface area contributed by atoms with Gasteiger partial charge in [0.1, 0.15) is 5.75 Å². The van der Waals surface area contributed by atoms with Crippen LogP contribution >= 0.6 is 0 Å². The Balaban J connectivity index is 2.18. The molecule has 100 valence electrons. The van der Waals surface area contributed by atoms with Crippen molar-refractivity contribution in [3.63, 3.8) is 0 Å². The summed E-state index contributed by atoms with van der Waals surface area (Å²) < 4.78 is 5.69. The average molecular weight is 255 g/mol. The fourth-order valence-corrected chi connectivity index (χ4v) is 2.08. The normalized spacial score (nSPS) is 11.9. The minimum atomic E-state index is 0.253. The van der Waals surface area contributed by atoms with Crippen molar-refractivity contribution in [2.45, 2.75) is 26.8 Å². The Morgan fingerprint density at radius 3 is 2.53 bits per heavy atom. The molecule has 0 aliphatic carbocycles. The van der Waals surface area contributed by atoms with E-state index in [-0.39, 0.29) is 6.04 Å². The van der Waals surface area contributed by atoms with Crippen molar-refractivity contribution in [3.05, 3.63) is 59.7 Å². The summed E-state index contributed by atoms with van der Waals surface area (Å²) in [5.41, 5.74) is 3.52. The van der Waals surface area contributed by atoms with Crippen molar-refractivity contribution in [2.24, 2.45) is 0 Å². The second kappa shape index (κ2) is 6.28. The Labute approximate surface area is 115 Å². The third kappa shape index (κ3) is 3.50. The number of rotatable bonds is 5. The second-order valence-electron chi connectivity index (χ2n) is 4.71. The molecule has 0 bridgehead atoms. The summed E-state index contributed by atoms with van der Waals surface area (Å²) in [6.07, 6.45) is 0. The lowest BCUT2D eigenvalue weighted by atomic mass is 10.1. The quantitative estimate of drug-likeness (QED) is 0.845. The van der Waals surface area contributed by atoms with Crippen LogP contribution in [0.25, 0.3) is 0 Å². The van der Waals surface area contributed by atoms with Crippen molar-refractivity contribution in [2.75, 3.05) is 11.9 Å². The van der Waals surface area contributed by atoms with E-state index in [2.05, 4.69) is 61.6 Å². The van der Waals surface area contributed by atoms with E-state index in [1.807, 2.05) is 13.0 Å². The van der Waals surface area contributed by atoms with Crippen LogP contribution < -0.4 is 10.1 Å². The smallest absolute Gasteiger partial charge is 0.142 e. The highest BCUT2D eigenvalue weighted by Gasteiger charge is 2.09. The summed E-state index contributed by atoms with van der Waals surface area (Å²) in [5, 5.41) is 3.51. The largest absolute Gasteiger partial charge is 0.492 e.